The Balaban J connectivity index is -0.0000000900. The minimum atomic E-state index is -5.33. The molecule has 0 aliphatic rings. The van der Waals surface area contributed by atoms with E-state index in [4.69, 9.17) is 13.2 Å². The van der Waals surface area contributed by atoms with Crippen molar-refractivity contribution in [1.82, 2.24) is 0 Å². The van der Waals surface area contributed by atoms with E-state index >= 15 is 0 Å². The van der Waals surface area contributed by atoms with E-state index in [0.717, 1.165) is 0 Å². The third-order valence-corrected chi connectivity index (χ3v) is 0.495. The third kappa shape index (κ3) is 31.8. The predicted octanol–water partition coefficient (Wildman–Crippen LogP) is 0.250. The first-order chi connectivity index (χ1) is 7.62. The molecule has 0 heterocycles. The maximum Gasteiger partial charge on any atom is 1.00 e. The van der Waals surface area contributed by atoms with Crippen LogP contribution in [-0.2, 0) is 10.5 Å². The fourth-order valence-electron chi connectivity index (χ4n) is 0. The van der Waals surface area contributed by atoms with Crippen LogP contribution in [0.1, 0.15) is 0 Å². The zero-order valence-electron chi connectivity index (χ0n) is 8.61. The second-order valence-electron chi connectivity index (χ2n) is 1.90. The van der Waals surface area contributed by atoms with Gasteiger partial charge in [0.2, 0.25) is 0 Å². The van der Waals surface area contributed by atoms with Crippen molar-refractivity contribution in [3.05, 3.63) is 4.78 Å². The Kier molecular flexibility index (Phi) is 16.1. The van der Waals surface area contributed by atoms with Crippen molar-refractivity contribution < 1.29 is 71.2 Å². The molecule has 0 N–H and O–H groups in total. The van der Waals surface area contributed by atoms with Gasteiger partial charge in [-0.1, -0.05) is 0 Å². The molecule has 15 heteroatoms. The molecule has 0 radical (unpaired) electrons. The largest absolute Gasteiger partial charge is 1.00 e. The fourth-order valence-corrected chi connectivity index (χ4v) is 0. The second-order valence-corrected chi connectivity index (χ2v) is 2.34. The van der Waals surface area contributed by atoms with Gasteiger partial charge in [-0.3, -0.25) is 0 Å². The topological polar surface area (TPSA) is 56.4 Å². The van der Waals surface area contributed by atoms with Crippen molar-refractivity contribution in [1.29, 1.82) is 0 Å². The van der Waals surface area contributed by atoms with E-state index in [1.807, 2.05) is 0 Å². The molecule has 0 aliphatic carbocycles. The first kappa shape index (κ1) is 27.0. The van der Waals surface area contributed by atoms with E-state index in [1.165, 1.54) is 0 Å². The SMILES string of the molecule is FC(F)C(F)(F)F.FC(F)C(F)(F)F.[Li+].[N-]=S(=O)=O. The molecule has 0 rings (SSSR count). The van der Waals surface area contributed by atoms with Gasteiger partial charge in [-0.05, 0) is 0 Å². The van der Waals surface area contributed by atoms with Crippen LogP contribution in [0.25, 0.3) is 4.78 Å². The molecule has 0 saturated heterocycles. The standard InChI is InChI=1S/2C2HF5.Li.NO2S/c2*3-1(4)2(5,6)7;;1-4(2)3/h2*1H;;/q;;+1;-1. The van der Waals surface area contributed by atoms with Crippen LogP contribution < -0.4 is 18.9 Å². The third-order valence-electron chi connectivity index (χ3n) is 0.495. The van der Waals surface area contributed by atoms with Gasteiger partial charge in [-0.25, -0.2) is 26.0 Å². The molecule has 0 bridgehead atoms. The van der Waals surface area contributed by atoms with Crippen molar-refractivity contribution in [3.8, 4) is 0 Å². The summed E-state index contributed by atoms with van der Waals surface area (Å²) in [5, 5.41) is 0. The fraction of sp³-hybridized carbons (Fsp3) is 1.00. The summed E-state index contributed by atoms with van der Waals surface area (Å²) in [5.41, 5.74) is 0. The Morgan fingerprint density at radius 2 is 0.789 bits per heavy atom. The van der Waals surface area contributed by atoms with E-state index in [1.54, 1.807) is 0 Å². The normalized spacial score (nSPS) is 10.7. The molecule has 0 spiro atoms. The number of alkyl halides is 10. The minimum absolute atomic E-state index is 0. The molecular formula is C4H2F10LiNO2S. The van der Waals surface area contributed by atoms with Crippen molar-refractivity contribution in [2.75, 3.05) is 0 Å². The molecule has 0 saturated carbocycles. The first-order valence-electron chi connectivity index (χ1n) is 3.10. The Labute approximate surface area is 112 Å². The summed E-state index contributed by atoms with van der Waals surface area (Å²) < 4.78 is 128. The van der Waals surface area contributed by atoms with E-state index < -0.39 is 35.7 Å². The quantitative estimate of drug-likeness (QED) is 0.474. The summed E-state index contributed by atoms with van der Waals surface area (Å²) in [5.74, 6) is 0. The summed E-state index contributed by atoms with van der Waals surface area (Å²) in [6, 6.07) is 0. The second kappa shape index (κ2) is 11.4. The van der Waals surface area contributed by atoms with E-state index in [9.17, 15) is 43.9 Å². The van der Waals surface area contributed by atoms with E-state index in [2.05, 4.69) is 0 Å². The average molecular weight is 325 g/mol. The molecule has 0 fully saturated rings. The molecule has 0 aromatic heterocycles. The number of nitrogens with zero attached hydrogens (tertiary/aromatic N) is 1. The zero-order valence-corrected chi connectivity index (χ0v) is 9.42. The number of hydrogen-bond donors (Lipinski definition) is 0. The van der Waals surface area contributed by atoms with Gasteiger partial charge in [0.25, 0.3) is 0 Å². The van der Waals surface area contributed by atoms with Gasteiger partial charge >= 0.3 is 44.1 Å². The Morgan fingerprint density at radius 3 is 0.789 bits per heavy atom. The van der Waals surface area contributed by atoms with Crippen molar-refractivity contribution in [2.45, 2.75) is 25.2 Å². The maximum absolute atomic E-state index is 10.4. The van der Waals surface area contributed by atoms with Crippen molar-refractivity contribution in [2.24, 2.45) is 0 Å². The molecule has 0 unspecified atom stereocenters. The molecule has 0 atom stereocenters. The Bertz CT molecular complexity index is 282. The first-order valence-corrected chi connectivity index (χ1v) is 4.13. The molecule has 112 valence electrons. The average Bonchev–Trinajstić information content (AvgIpc) is 1.99. The van der Waals surface area contributed by atoms with Crippen LogP contribution in [0.15, 0.2) is 0 Å². The van der Waals surface area contributed by atoms with Gasteiger partial charge < -0.3 is 4.78 Å². The Morgan fingerprint density at radius 1 is 0.737 bits per heavy atom. The minimum Gasteiger partial charge on any atom is -0.686 e. The van der Waals surface area contributed by atoms with Gasteiger partial charge in [0.05, 0.1) is 0 Å². The Hall–Kier alpha value is -0.483. The molecule has 0 aromatic carbocycles. The summed E-state index contributed by atoms with van der Waals surface area (Å²) in [6.45, 7) is 0. The van der Waals surface area contributed by atoms with Crippen LogP contribution in [-0.4, -0.2) is 33.6 Å². The smallest absolute Gasteiger partial charge is 0.686 e. The van der Waals surface area contributed by atoms with Crippen LogP contribution in [0.2, 0.25) is 0 Å². The molecule has 0 amide bonds. The zero-order chi connectivity index (χ0) is 15.7. The number of halogens is 10. The van der Waals surface area contributed by atoms with Crippen LogP contribution in [0.5, 0.6) is 0 Å². The predicted molar refractivity (Wildman–Crippen MR) is 36.4 cm³/mol. The molecule has 0 aromatic rings. The van der Waals surface area contributed by atoms with E-state index in [0.29, 0.717) is 0 Å². The molecule has 3 nitrogen and oxygen atoms in total. The van der Waals surface area contributed by atoms with Gasteiger partial charge in [-0.2, -0.15) is 26.3 Å². The molecular weight excluding hydrogens is 323 g/mol. The summed E-state index contributed by atoms with van der Waals surface area (Å²) in [6.07, 6.45) is -19.1. The molecule has 19 heavy (non-hydrogen) atoms. The van der Waals surface area contributed by atoms with Crippen molar-refractivity contribution >= 4 is 10.5 Å². The van der Waals surface area contributed by atoms with Gasteiger partial charge in [0, 0.05) is 0 Å². The summed E-state index contributed by atoms with van der Waals surface area (Å²) in [4.78, 5) is 0. The molecule has 0 aliphatic heterocycles. The van der Waals surface area contributed by atoms with Gasteiger partial charge in [0.1, 0.15) is 10.5 Å². The van der Waals surface area contributed by atoms with Crippen LogP contribution in [0.4, 0.5) is 43.9 Å². The van der Waals surface area contributed by atoms with Crippen LogP contribution in [0, 0.1) is 0 Å². The number of hydrogen-bond acceptors (Lipinski definition) is 2. The van der Waals surface area contributed by atoms with Crippen LogP contribution in [0.3, 0.4) is 0 Å². The van der Waals surface area contributed by atoms with Gasteiger partial charge in [0.15, 0.2) is 0 Å². The van der Waals surface area contributed by atoms with Crippen LogP contribution >= 0.6 is 0 Å². The summed E-state index contributed by atoms with van der Waals surface area (Å²) >= 11 is 0. The van der Waals surface area contributed by atoms with E-state index in [-0.39, 0.29) is 18.9 Å². The monoisotopic (exact) mass is 325 g/mol. The maximum atomic E-state index is 10.4. The van der Waals surface area contributed by atoms with Gasteiger partial charge in [-0.15, -0.1) is 0 Å². The summed E-state index contributed by atoms with van der Waals surface area (Å²) in [7, 11) is -2.86. The number of rotatable bonds is 0. The van der Waals surface area contributed by atoms with Crippen molar-refractivity contribution in [3.63, 3.8) is 0 Å².